The van der Waals surface area contributed by atoms with E-state index in [0.29, 0.717) is 0 Å². The topological polar surface area (TPSA) is 43.1 Å². The Labute approximate surface area is 96.4 Å². The molecular weight excluding hydrogens is 186 g/mol. The van der Waals surface area contributed by atoms with E-state index >= 15 is 0 Å². The molecule has 0 radical (unpaired) electrons. The van der Waals surface area contributed by atoms with Gasteiger partial charge in [-0.3, -0.25) is 0 Å². The molecule has 0 aromatic carbocycles. The van der Waals surface area contributed by atoms with E-state index in [1.807, 2.05) is 19.9 Å². The van der Waals surface area contributed by atoms with Crippen LogP contribution in [0.3, 0.4) is 0 Å². The number of unbranched alkanes of at least 4 members (excludes halogenated alkanes) is 4. The van der Waals surface area contributed by atoms with Crippen LogP contribution in [0, 0.1) is 0 Å². The number of rotatable bonds is 8. The predicted molar refractivity (Wildman–Crippen MR) is 70.0 cm³/mol. The smallest absolute Gasteiger partial charge is 0.139 e. The molecule has 0 aromatic heterocycles. The fourth-order valence-electron chi connectivity index (χ4n) is 1.21. The normalized spacial score (nSPS) is 13.3. The molecular formula is C13H29NO. The molecule has 92 valence electrons. The van der Waals surface area contributed by atoms with E-state index in [0.717, 1.165) is 32.0 Å². The van der Waals surface area contributed by atoms with Gasteiger partial charge in [-0.05, 0) is 26.2 Å². The third kappa shape index (κ3) is 13.4. The van der Waals surface area contributed by atoms with Crippen LogP contribution in [0.2, 0.25) is 0 Å². The van der Waals surface area contributed by atoms with Gasteiger partial charge in [0.05, 0.1) is 5.54 Å². The summed E-state index contributed by atoms with van der Waals surface area (Å²) in [5.74, 6) is 0. The highest BCUT2D eigenvalue weighted by Crippen LogP contribution is 2.11. The quantitative estimate of drug-likeness (QED) is 0.381. The fraction of sp³-hybridized carbons (Fsp3) is 0.769. The van der Waals surface area contributed by atoms with E-state index in [1.165, 1.54) is 12.8 Å². The Balaban J connectivity index is -0.000000529. The van der Waals surface area contributed by atoms with Crippen molar-refractivity contribution in [2.24, 2.45) is 5.73 Å². The summed E-state index contributed by atoms with van der Waals surface area (Å²) in [7, 11) is 0. The van der Waals surface area contributed by atoms with Crippen LogP contribution in [0.4, 0.5) is 0 Å². The first-order valence-electron chi connectivity index (χ1n) is 5.98. The molecule has 0 aromatic rings. The van der Waals surface area contributed by atoms with E-state index in [-0.39, 0.29) is 1.43 Å². The van der Waals surface area contributed by atoms with Crippen molar-refractivity contribution in [2.75, 3.05) is 0 Å². The zero-order valence-electron chi connectivity index (χ0n) is 10.6. The summed E-state index contributed by atoms with van der Waals surface area (Å²) in [6, 6.07) is 0. The summed E-state index contributed by atoms with van der Waals surface area (Å²) < 4.78 is 0. The van der Waals surface area contributed by atoms with Gasteiger partial charge in [-0.1, -0.05) is 39.2 Å². The molecule has 15 heavy (non-hydrogen) atoms. The Hall–Kier alpha value is -0.630. The Kier molecular flexibility index (Phi) is 12.8. The molecule has 0 aliphatic rings. The van der Waals surface area contributed by atoms with Crippen LogP contribution in [0.5, 0.6) is 0 Å². The first-order chi connectivity index (χ1) is 7.12. The molecule has 2 heteroatoms. The molecule has 0 spiro atoms. The Morgan fingerprint density at radius 2 is 1.80 bits per heavy atom. The molecule has 0 heterocycles. The fourth-order valence-corrected chi connectivity index (χ4v) is 1.21. The van der Waals surface area contributed by atoms with E-state index < -0.39 is 5.54 Å². The van der Waals surface area contributed by atoms with Crippen LogP contribution in [0.25, 0.3) is 0 Å². The Morgan fingerprint density at radius 1 is 1.27 bits per heavy atom. The highest BCUT2D eigenvalue weighted by atomic mass is 16.1. The summed E-state index contributed by atoms with van der Waals surface area (Å²) in [6.07, 6.45) is 9.29. The highest BCUT2D eigenvalue weighted by Gasteiger charge is 2.15. The zero-order chi connectivity index (χ0) is 12.2. The second-order valence-electron chi connectivity index (χ2n) is 3.87. The van der Waals surface area contributed by atoms with E-state index in [2.05, 4.69) is 6.58 Å². The van der Waals surface area contributed by atoms with Crippen molar-refractivity contribution in [2.45, 2.75) is 64.8 Å². The van der Waals surface area contributed by atoms with Gasteiger partial charge in [-0.2, -0.15) is 0 Å². The summed E-state index contributed by atoms with van der Waals surface area (Å²) in [4.78, 5) is 10.5. The number of nitrogens with two attached hydrogens (primary N) is 1. The van der Waals surface area contributed by atoms with Crippen molar-refractivity contribution in [3.05, 3.63) is 12.7 Å². The van der Waals surface area contributed by atoms with Crippen molar-refractivity contribution in [1.82, 2.24) is 0 Å². The van der Waals surface area contributed by atoms with E-state index in [9.17, 15) is 4.79 Å². The minimum Gasteiger partial charge on any atom is -0.319 e. The lowest BCUT2D eigenvalue weighted by Gasteiger charge is -2.15. The molecule has 0 bridgehead atoms. The number of hydrogen-bond donors (Lipinski definition) is 1. The van der Waals surface area contributed by atoms with Gasteiger partial charge in [0, 0.05) is 1.43 Å². The monoisotopic (exact) mass is 215 g/mol. The van der Waals surface area contributed by atoms with Crippen molar-refractivity contribution in [1.29, 1.82) is 0 Å². The molecule has 2 N–H and O–H groups in total. The third-order valence-electron chi connectivity index (χ3n) is 2.14. The summed E-state index contributed by atoms with van der Waals surface area (Å²) in [5.41, 5.74) is 5.06. The molecule has 0 unspecified atom stereocenters. The molecule has 0 saturated carbocycles. The first-order valence-corrected chi connectivity index (χ1v) is 5.98. The number of carbonyl (C=O) groups excluding carboxylic acids is 1. The standard InChI is InChI=1S/C11H21NO.C2H6.H2/c1-3-4-5-6-7-8-9-11(2,12)10-13;1-2;/h3,10H,1,4-9,12H2,2H3;1-2H3;1H/t11-;;/m1../s1. The molecule has 2 nitrogen and oxygen atoms in total. The molecule has 0 aliphatic carbocycles. The van der Waals surface area contributed by atoms with Crippen molar-refractivity contribution < 1.29 is 6.22 Å². The van der Waals surface area contributed by atoms with Crippen LogP contribution in [0.1, 0.15) is 60.7 Å². The number of hydrogen-bond acceptors (Lipinski definition) is 2. The van der Waals surface area contributed by atoms with Crippen LogP contribution < -0.4 is 5.73 Å². The lowest BCUT2D eigenvalue weighted by Crippen LogP contribution is -2.37. The minimum atomic E-state index is -0.613. The minimum absolute atomic E-state index is 0. The summed E-state index contributed by atoms with van der Waals surface area (Å²) in [5, 5.41) is 0. The van der Waals surface area contributed by atoms with Crippen LogP contribution in [-0.4, -0.2) is 11.8 Å². The van der Waals surface area contributed by atoms with Crippen molar-refractivity contribution >= 4 is 6.29 Å². The van der Waals surface area contributed by atoms with Gasteiger partial charge in [0.25, 0.3) is 0 Å². The average Bonchev–Trinajstić information content (AvgIpc) is 2.26. The molecule has 0 amide bonds. The second-order valence-corrected chi connectivity index (χ2v) is 3.87. The Bertz CT molecular complexity index is 158. The average molecular weight is 215 g/mol. The Morgan fingerprint density at radius 3 is 2.27 bits per heavy atom. The predicted octanol–water partition coefficient (Wildman–Crippen LogP) is 3.70. The number of allylic oxidation sites excluding steroid dienone is 1. The highest BCUT2D eigenvalue weighted by molar-refractivity contribution is 5.62. The lowest BCUT2D eigenvalue weighted by molar-refractivity contribution is -0.112. The number of carbonyl (C=O) groups is 1. The lowest BCUT2D eigenvalue weighted by atomic mass is 9.97. The maximum atomic E-state index is 10.5. The van der Waals surface area contributed by atoms with Crippen LogP contribution in [0.15, 0.2) is 12.7 Å². The van der Waals surface area contributed by atoms with Crippen LogP contribution in [-0.2, 0) is 4.79 Å². The van der Waals surface area contributed by atoms with Crippen LogP contribution >= 0.6 is 0 Å². The van der Waals surface area contributed by atoms with Gasteiger partial charge in [0.15, 0.2) is 0 Å². The number of aldehydes is 1. The second kappa shape index (κ2) is 11.4. The van der Waals surface area contributed by atoms with Gasteiger partial charge in [-0.25, -0.2) is 0 Å². The van der Waals surface area contributed by atoms with Gasteiger partial charge in [0.2, 0.25) is 0 Å². The first kappa shape index (κ1) is 16.8. The molecule has 1 atom stereocenters. The molecule has 0 rings (SSSR count). The largest absolute Gasteiger partial charge is 0.319 e. The zero-order valence-corrected chi connectivity index (χ0v) is 10.6. The molecule has 0 aliphatic heterocycles. The maximum absolute atomic E-state index is 10.5. The van der Waals surface area contributed by atoms with E-state index in [4.69, 9.17) is 5.73 Å². The van der Waals surface area contributed by atoms with Crippen molar-refractivity contribution in [3.63, 3.8) is 0 Å². The van der Waals surface area contributed by atoms with Gasteiger partial charge >= 0.3 is 0 Å². The summed E-state index contributed by atoms with van der Waals surface area (Å²) >= 11 is 0. The van der Waals surface area contributed by atoms with Crippen molar-refractivity contribution in [3.8, 4) is 0 Å². The summed E-state index contributed by atoms with van der Waals surface area (Å²) in [6.45, 7) is 9.45. The van der Waals surface area contributed by atoms with Gasteiger partial charge < -0.3 is 10.5 Å². The SMILES string of the molecule is C=CCCCCCC[C@@](C)(N)C=O.CC.[HH]. The maximum Gasteiger partial charge on any atom is 0.139 e. The molecule has 0 saturated heterocycles. The third-order valence-corrected chi connectivity index (χ3v) is 2.14. The van der Waals surface area contributed by atoms with E-state index in [1.54, 1.807) is 6.92 Å². The van der Waals surface area contributed by atoms with Gasteiger partial charge in [-0.15, -0.1) is 6.58 Å². The van der Waals surface area contributed by atoms with Gasteiger partial charge in [0.1, 0.15) is 6.29 Å². The molecule has 0 fully saturated rings.